The SMILES string of the molecule is CCCn1ncc(OC)c1C(N)COC(C)C. The zero-order chi connectivity index (χ0) is 12.8. The smallest absolute Gasteiger partial charge is 0.161 e. The fourth-order valence-electron chi connectivity index (χ4n) is 1.67. The van der Waals surface area contributed by atoms with Crippen molar-refractivity contribution in [2.75, 3.05) is 13.7 Å². The fourth-order valence-corrected chi connectivity index (χ4v) is 1.67. The van der Waals surface area contributed by atoms with E-state index in [1.165, 1.54) is 0 Å². The van der Waals surface area contributed by atoms with Gasteiger partial charge in [-0.2, -0.15) is 5.10 Å². The lowest BCUT2D eigenvalue weighted by Gasteiger charge is -2.17. The predicted octanol–water partition coefficient (Wildman–Crippen LogP) is 1.73. The van der Waals surface area contributed by atoms with Crippen LogP contribution in [0.4, 0.5) is 0 Å². The van der Waals surface area contributed by atoms with Crippen molar-refractivity contribution < 1.29 is 9.47 Å². The van der Waals surface area contributed by atoms with Crippen LogP contribution in [0.15, 0.2) is 6.20 Å². The number of nitrogens with two attached hydrogens (primary N) is 1. The molecule has 0 radical (unpaired) electrons. The molecular formula is C12H23N3O2. The molecule has 1 heterocycles. The van der Waals surface area contributed by atoms with E-state index in [0.29, 0.717) is 6.61 Å². The molecule has 0 saturated heterocycles. The minimum Gasteiger partial charge on any atom is -0.493 e. The molecule has 1 aromatic rings. The highest BCUT2D eigenvalue weighted by atomic mass is 16.5. The Balaban J connectivity index is 2.80. The molecule has 0 fully saturated rings. The summed E-state index contributed by atoms with van der Waals surface area (Å²) in [7, 11) is 1.63. The van der Waals surface area contributed by atoms with Crippen LogP contribution in [0.25, 0.3) is 0 Å². The summed E-state index contributed by atoms with van der Waals surface area (Å²) in [5, 5.41) is 4.28. The first-order chi connectivity index (χ1) is 8.10. The lowest BCUT2D eigenvalue weighted by molar-refractivity contribution is 0.0663. The van der Waals surface area contributed by atoms with Crippen molar-refractivity contribution in [3.63, 3.8) is 0 Å². The van der Waals surface area contributed by atoms with E-state index in [9.17, 15) is 0 Å². The molecule has 0 spiro atoms. The van der Waals surface area contributed by atoms with Crippen LogP contribution in [0.2, 0.25) is 0 Å². The summed E-state index contributed by atoms with van der Waals surface area (Å²) in [6.07, 6.45) is 2.89. The molecule has 0 aliphatic carbocycles. The van der Waals surface area contributed by atoms with Crippen molar-refractivity contribution in [3.05, 3.63) is 11.9 Å². The monoisotopic (exact) mass is 241 g/mol. The molecule has 0 aliphatic heterocycles. The second-order valence-electron chi connectivity index (χ2n) is 4.31. The molecule has 0 amide bonds. The second-order valence-corrected chi connectivity index (χ2v) is 4.31. The van der Waals surface area contributed by atoms with Gasteiger partial charge >= 0.3 is 0 Å². The molecule has 0 aliphatic rings. The van der Waals surface area contributed by atoms with Gasteiger partial charge in [0, 0.05) is 6.54 Å². The third kappa shape index (κ3) is 3.71. The molecule has 5 nitrogen and oxygen atoms in total. The van der Waals surface area contributed by atoms with Crippen LogP contribution in [0.3, 0.4) is 0 Å². The van der Waals surface area contributed by atoms with Crippen LogP contribution in [0.5, 0.6) is 5.75 Å². The number of nitrogens with zero attached hydrogens (tertiary/aromatic N) is 2. The van der Waals surface area contributed by atoms with Gasteiger partial charge in [0.05, 0.1) is 37.8 Å². The molecule has 1 unspecified atom stereocenters. The predicted molar refractivity (Wildman–Crippen MR) is 67.1 cm³/mol. The largest absolute Gasteiger partial charge is 0.493 e. The topological polar surface area (TPSA) is 62.3 Å². The van der Waals surface area contributed by atoms with Crippen molar-refractivity contribution in [2.45, 2.75) is 45.9 Å². The van der Waals surface area contributed by atoms with Gasteiger partial charge in [-0.3, -0.25) is 4.68 Å². The van der Waals surface area contributed by atoms with E-state index in [1.54, 1.807) is 13.3 Å². The summed E-state index contributed by atoms with van der Waals surface area (Å²) >= 11 is 0. The summed E-state index contributed by atoms with van der Waals surface area (Å²) in [6, 6.07) is -0.207. The van der Waals surface area contributed by atoms with Crippen LogP contribution in [0.1, 0.15) is 38.9 Å². The number of methoxy groups -OCH3 is 1. The number of aromatic nitrogens is 2. The van der Waals surface area contributed by atoms with E-state index in [-0.39, 0.29) is 12.1 Å². The number of ether oxygens (including phenoxy) is 2. The normalized spacial score (nSPS) is 13.1. The minimum atomic E-state index is -0.207. The molecule has 1 aromatic heterocycles. The van der Waals surface area contributed by atoms with Crippen molar-refractivity contribution in [3.8, 4) is 5.75 Å². The van der Waals surface area contributed by atoms with Crippen LogP contribution in [-0.4, -0.2) is 29.6 Å². The van der Waals surface area contributed by atoms with E-state index in [2.05, 4.69) is 12.0 Å². The number of rotatable bonds is 7. The van der Waals surface area contributed by atoms with Crippen LogP contribution in [0, 0.1) is 0 Å². The Morgan fingerprint density at radius 3 is 2.71 bits per heavy atom. The molecule has 0 saturated carbocycles. The van der Waals surface area contributed by atoms with Gasteiger partial charge in [-0.15, -0.1) is 0 Å². The first-order valence-electron chi connectivity index (χ1n) is 6.07. The Morgan fingerprint density at radius 2 is 2.18 bits per heavy atom. The summed E-state index contributed by atoms with van der Waals surface area (Å²) < 4.78 is 12.7. The van der Waals surface area contributed by atoms with Crippen LogP contribution >= 0.6 is 0 Å². The standard InChI is InChI=1S/C12H23N3O2/c1-5-6-15-12(11(16-4)7-14-15)10(13)8-17-9(2)3/h7,9-10H,5-6,8,13H2,1-4H3. The molecule has 1 atom stereocenters. The Labute approximate surface area is 103 Å². The van der Waals surface area contributed by atoms with Gasteiger partial charge in [0.1, 0.15) is 0 Å². The van der Waals surface area contributed by atoms with Crippen molar-refractivity contribution in [1.82, 2.24) is 9.78 Å². The first-order valence-corrected chi connectivity index (χ1v) is 6.07. The van der Waals surface area contributed by atoms with Gasteiger partial charge in [0.25, 0.3) is 0 Å². The minimum absolute atomic E-state index is 0.176. The van der Waals surface area contributed by atoms with E-state index in [1.807, 2.05) is 18.5 Å². The molecule has 1 rings (SSSR count). The molecule has 17 heavy (non-hydrogen) atoms. The van der Waals surface area contributed by atoms with Gasteiger partial charge in [0.15, 0.2) is 5.75 Å². The van der Waals surface area contributed by atoms with Crippen LogP contribution < -0.4 is 10.5 Å². The van der Waals surface area contributed by atoms with Gasteiger partial charge in [-0.05, 0) is 20.3 Å². The van der Waals surface area contributed by atoms with E-state index < -0.39 is 0 Å². The molecule has 0 aromatic carbocycles. The summed E-state index contributed by atoms with van der Waals surface area (Å²) in [4.78, 5) is 0. The fraction of sp³-hybridized carbons (Fsp3) is 0.750. The average Bonchev–Trinajstić information content (AvgIpc) is 2.69. The van der Waals surface area contributed by atoms with Gasteiger partial charge in [-0.1, -0.05) is 6.92 Å². The first kappa shape index (κ1) is 14.0. The molecular weight excluding hydrogens is 218 g/mol. The van der Waals surface area contributed by atoms with Crippen molar-refractivity contribution in [2.24, 2.45) is 5.73 Å². The number of hydrogen-bond donors (Lipinski definition) is 1. The Hall–Kier alpha value is -1.07. The van der Waals surface area contributed by atoms with Gasteiger partial charge < -0.3 is 15.2 Å². The molecule has 2 N–H and O–H groups in total. The maximum Gasteiger partial charge on any atom is 0.161 e. The lowest BCUT2D eigenvalue weighted by Crippen LogP contribution is -2.23. The zero-order valence-corrected chi connectivity index (χ0v) is 11.1. The van der Waals surface area contributed by atoms with Crippen molar-refractivity contribution >= 4 is 0 Å². The Kier molecular flexibility index (Phi) is 5.44. The zero-order valence-electron chi connectivity index (χ0n) is 11.1. The molecule has 5 heteroatoms. The lowest BCUT2D eigenvalue weighted by atomic mass is 10.2. The van der Waals surface area contributed by atoms with E-state index >= 15 is 0 Å². The third-order valence-electron chi connectivity index (χ3n) is 2.46. The summed E-state index contributed by atoms with van der Waals surface area (Å²) in [5.41, 5.74) is 7.04. The van der Waals surface area contributed by atoms with E-state index in [4.69, 9.17) is 15.2 Å². The Bertz CT molecular complexity index is 336. The van der Waals surface area contributed by atoms with Gasteiger partial charge in [0.2, 0.25) is 0 Å². The molecule has 0 bridgehead atoms. The quantitative estimate of drug-likeness (QED) is 0.789. The number of aryl methyl sites for hydroxylation is 1. The highest BCUT2D eigenvalue weighted by molar-refractivity contribution is 5.28. The maximum atomic E-state index is 6.13. The van der Waals surface area contributed by atoms with Crippen LogP contribution in [-0.2, 0) is 11.3 Å². The van der Waals surface area contributed by atoms with E-state index in [0.717, 1.165) is 24.4 Å². The average molecular weight is 241 g/mol. The van der Waals surface area contributed by atoms with Crippen molar-refractivity contribution in [1.29, 1.82) is 0 Å². The van der Waals surface area contributed by atoms with Gasteiger partial charge in [-0.25, -0.2) is 0 Å². The second kappa shape index (κ2) is 6.61. The maximum absolute atomic E-state index is 6.13. The summed E-state index contributed by atoms with van der Waals surface area (Å²) in [6.45, 7) is 7.41. The molecule has 98 valence electrons. The third-order valence-corrected chi connectivity index (χ3v) is 2.46. The highest BCUT2D eigenvalue weighted by Gasteiger charge is 2.18. The Morgan fingerprint density at radius 1 is 1.47 bits per heavy atom. The summed E-state index contributed by atoms with van der Waals surface area (Å²) in [5.74, 6) is 0.735. The number of hydrogen-bond acceptors (Lipinski definition) is 4. The highest BCUT2D eigenvalue weighted by Crippen LogP contribution is 2.24.